The highest BCUT2D eigenvalue weighted by molar-refractivity contribution is 9.10. The summed E-state index contributed by atoms with van der Waals surface area (Å²) < 4.78 is 72.5. The van der Waals surface area contributed by atoms with Crippen LogP contribution in [0.1, 0.15) is 54.2 Å². The molecule has 2 N–H and O–H groups in total. The normalized spacial score (nSPS) is 14.4. The molecule has 7 aromatic rings. The van der Waals surface area contributed by atoms with Crippen LogP contribution in [-0.4, -0.2) is 125 Å². The Morgan fingerprint density at radius 3 is 1.20 bits per heavy atom. The van der Waals surface area contributed by atoms with E-state index in [9.17, 15) is 24.6 Å². The number of hydrogen-bond donors (Lipinski definition) is 2. The molecule has 0 aliphatic heterocycles. The van der Waals surface area contributed by atoms with E-state index in [0.717, 1.165) is 38.8 Å². The van der Waals surface area contributed by atoms with Crippen molar-refractivity contribution in [1.29, 1.82) is 0 Å². The van der Waals surface area contributed by atoms with Gasteiger partial charge in [0.05, 0.1) is 95.0 Å². The molecule has 0 radical (unpaired) electrons. The largest absolute Gasteiger partial charge is 0.541 e. The first-order valence-electron chi connectivity index (χ1n) is 28.2. The summed E-state index contributed by atoms with van der Waals surface area (Å²) in [4.78, 5) is 37.2. The summed E-state index contributed by atoms with van der Waals surface area (Å²) in [5.41, 5.74) is 7.31. The smallest absolute Gasteiger partial charge is 0.250 e. The number of methoxy groups -OCH3 is 12. The van der Waals surface area contributed by atoms with E-state index in [1.54, 1.807) is 110 Å². The summed E-state index contributed by atoms with van der Waals surface area (Å²) in [6.45, 7) is 11.0. The fraction of sp³-hybridized carbons (Fsp3) is 0.319. The van der Waals surface area contributed by atoms with Gasteiger partial charge in [-0.15, -0.1) is 0 Å². The van der Waals surface area contributed by atoms with E-state index >= 15 is 0 Å². The lowest BCUT2D eigenvalue weighted by molar-refractivity contribution is -0.114. The van der Waals surface area contributed by atoms with Crippen molar-refractivity contribution in [3.05, 3.63) is 147 Å². The van der Waals surface area contributed by atoms with E-state index in [1.807, 2.05) is 30.3 Å². The zero-order chi connectivity index (χ0) is 66.1. The molecule has 2 aliphatic rings. The summed E-state index contributed by atoms with van der Waals surface area (Å²) in [7, 11) is 16.4. The molecule has 2 atom stereocenters. The first-order chi connectivity index (χ1) is 42.9. The maximum Gasteiger partial charge on any atom is 0.250 e. The number of phenolic OH excluding ortho intramolecular Hbond substituents is 2. The second-order valence-corrected chi connectivity index (χ2v) is 28.9. The zero-order valence-electron chi connectivity index (χ0n) is 53.6. The highest BCUT2D eigenvalue weighted by Gasteiger charge is 2.40. The Bertz CT molecular complexity index is 3960. The topological polar surface area (TPSA) is 212 Å². The Hall–Kier alpha value is -8.53. The van der Waals surface area contributed by atoms with Crippen LogP contribution in [0.5, 0.6) is 86.2 Å². The summed E-state index contributed by atoms with van der Waals surface area (Å²) in [5, 5.41) is 21.8. The number of alkyl halides is 2. The summed E-state index contributed by atoms with van der Waals surface area (Å²) >= 11 is 7.02. The summed E-state index contributed by atoms with van der Waals surface area (Å²) in [6, 6.07) is 25.9. The third-order valence-electron chi connectivity index (χ3n) is 15.9. The van der Waals surface area contributed by atoms with Crippen LogP contribution in [0.15, 0.2) is 108 Å². The fourth-order valence-electron chi connectivity index (χ4n) is 10.3. The number of carbonyl (C=O) groups excluding carboxylic acids is 2. The number of benzene rings is 6. The van der Waals surface area contributed by atoms with Crippen molar-refractivity contribution in [2.45, 2.75) is 61.4 Å². The lowest BCUT2D eigenvalue weighted by atomic mass is 9.92. The van der Waals surface area contributed by atoms with Crippen LogP contribution in [0.4, 0.5) is 0 Å². The van der Waals surface area contributed by atoms with Crippen LogP contribution in [0.2, 0.25) is 18.1 Å². The quantitative estimate of drug-likeness (QED) is 0.0641. The molecule has 0 saturated heterocycles. The number of halogens is 2. The molecular weight excluding hydrogens is 1300 g/mol. The summed E-state index contributed by atoms with van der Waals surface area (Å²) in [5.74, 6) is 6.30. The van der Waals surface area contributed by atoms with Gasteiger partial charge < -0.3 is 71.5 Å². The Labute approximate surface area is 542 Å². The van der Waals surface area contributed by atoms with E-state index in [-0.39, 0.29) is 33.5 Å². The van der Waals surface area contributed by atoms with E-state index in [2.05, 4.69) is 65.7 Å². The predicted molar refractivity (Wildman–Crippen MR) is 358 cm³/mol. The maximum atomic E-state index is 13.1. The number of hydrogen-bond acceptors (Lipinski definition) is 18. The molecule has 0 saturated carbocycles. The van der Waals surface area contributed by atoms with Gasteiger partial charge in [0.15, 0.2) is 80.2 Å². The Balaban J connectivity index is 0.000000194. The van der Waals surface area contributed by atoms with Crippen LogP contribution in [0.3, 0.4) is 0 Å². The van der Waals surface area contributed by atoms with Crippen molar-refractivity contribution in [1.82, 2.24) is 0 Å². The number of rotatable bonds is 17. The molecular formula is C69H76Br2O18Si. The molecule has 0 fully saturated rings. The van der Waals surface area contributed by atoms with Crippen LogP contribution in [0.25, 0.3) is 33.0 Å². The van der Waals surface area contributed by atoms with Crippen LogP contribution >= 0.6 is 31.9 Å². The van der Waals surface area contributed by atoms with Crippen LogP contribution in [-0.2, 0) is 22.4 Å². The van der Waals surface area contributed by atoms with Crippen molar-refractivity contribution in [3.8, 4) is 97.4 Å². The average molecular weight is 1380 g/mol. The Morgan fingerprint density at radius 1 is 0.400 bits per heavy atom. The molecule has 18 nitrogen and oxygen atoms in total. The van der Waals surface area contributed by atoms with Crippen molar-refractivity contribution in [3.63, 3.8) is 0 Å². The highest BCUT2D eigenvalue weighted by Crippen LogP contribution is 2.51. The van der Waals surface area contributed by atoms with Gasteiger partial charge in [0.25, 0.3) is 8.32 Å². The third kappa shape index (κ3) is 14.2. The van der Waals surface area contributed by atoms with Gasteiger partial charge >= 0.3 is 0 Å². The minimum Gasteiger partial charge on any atom is -0.541 e. The fourth-order valence-corrected chi connectivity index (χ4v) is 12.2. The van der Waals surface area contributed by atoms with Gasteiger partial charge in [0, 0.05) is 16.5 Å². The second-order valence-electron chi connectivity index (χ2n) is 22.0. The molecule has 90 heavy (non-hydrogen) atoms. The number of allylic oxidation sites excluding steroid dienone is 2. The SMILES string of the molecule is COc1ccc(-c2cc(=O)ccc3c(OC)c(OC)c(OC)cc23)cc1O.COc1ccc(C2=CC(=O)C(Br)Cc3c2cc(OC)c(OC)c3OC)cc1O.COc1ccc(C2=CC(=O)C(Br)Cc3c2cc(OC)c(OC)c3OC)cc1O[Si](C)(C)C(C)(C)C. The molecule has 0 spiro atoms. The molecule has 21 heteroatoms. The Kier molecular flexibility index (Phi) is 22.5. The van der Waals surface area contributed by atoms with Gasteiger partial charge in [-0.3, -0.25) is 14.4 Å². The van der Waals surface area contributed by atoms with Crippen LogP contribution in [0, 0.1) is 0 Å². The first-order valence-corrected chi connectivity index (χ1v) is 32.9. The molecule has 2 aliphatic carbocycles. The van der Waals surface area contributed by atoms with Crippen molar-refractivity contribution in [2.75, 3.05) is 85.3 Å². The zero-order valence-corrected chi connectivity index (χ0v) is 57.7. The number of phenols is 2. The molecule has 7 aromatic carbocycles. The minimum absolute atomic E-state index is 0.0121. The number of fused-ring (bicyclic) bond motifs is 3. The first kappa shape index (κ1) is 68.9. The molecule has 2 unspecified atom stereocenters. The van der Waals surface area contributed by atoms with E-state index in [0.29, 0.717) is 115 Å². The van der Waals surface area contributed by atoms with Gasteiger partial charge in [-0.25, -0.2) is 0 Å². The highest BCUT2D eigenvalue weighted by atomic mass is 79.9. The standard InChI is InChI=1S/C27H35BrO6Si.C21H21BrO6.C21H20O6/c1-27(2,3)35(8,9)34-23-12-16(10-11-22(23)30-4)17-14-21(29)20(28)13-19-18(17)15-24(31-5)26(33-7)25(19)32-6;1-25-18-6-5-11(7-17(18)24)12-9-16(23)15(22)8-14-13(12)10-19(26-2)21(28-4)20(14)27-3;1-24-18-8-5-12(9-17(18)23)15-10-13(22)6-7-14-16(15)11-19(25-2)21(27-4)20(14)26-3/h10-12,14-15,20H,13H2,1-9H3;5-7,9-10,15,24H,8H2,1-4H3;5-11,23H,1-4H3. The van der Waals surface area contributed by atoms with Crippen molar-refractivity contribution < 1.29 is 81.1 Å². The number of ketones is 2. The molecule has 0 bridgehead atoms. The molecule has 9 rings (SSSR count). The maximum absolute atomic E-state index is 13.1. The second kappa shape index (κ2) is 29.4. The Morgan fingerprint density at radius 2 is 0.789 bits per heavy atom. The van der Waals surface area contributed by atoms with Gasteiger partial charge in [0.2, 0.25) is 17.2 Å². The number of carbonyl (C=O) groups is 2. The monoisotopic (exact) mass is 1380 g/mol. The van der Waals surface area contributed by atoms with Gasteiger partial charge in [0.1, 0.15) is 5.75 Å². The number of ether oxygens (including phenoxy) is 12. The van der Waals surface area contributed by atoms with E-state index in [1.165, 1.54) is 47.7 Å². The number of aromatic hydroxyl groups is 2. The predicted octanol–water partition coefficient (Wildman–Crippen LogP) is 13.8. The molecule has 478 valence electrons. The molecule has 0 aromatic heterocycles. The summed E-state index contributed by atoms with van der Waals surface area (Å²) in [6.07, 6.45) is 4.10. The third-order valence-corrected chi connectivity index (χ3v) is 21.8. The van der Waals surface area contributed by atoms with Crippen molar-refractivity contribution in [2.24, 2.45) is 0 Å². The van der Waals surface area contributed by atoms with Gasteiger partial charge in [-0.2, -0.15) is 0 Å². The van der Waals surface area contributed by atoms with Crippen molar-refractivity contribution >= 4 is 73.7 Å². The van der Waals surface area contributed by atoms with E-state index < -0.39 is 18.0 Å². The van der Waals surface area contributed by atoms with Crippen LogP contribution < -0.4 is 66.7 Å². The van der Waals surface area contributed by atoms with E-state index in [4.69, 9.17) is 61.3 Å². The average Bonchev–Trinajstić information content (AvgIpc) is 1.66. The molecule has 0 heterocycles. The molecule has 0 amide bonds. The van der Waals surface area contributed by atoms with Gasteiger partial charge in [-0.1, -0.05) is 70.8 Å². The lowest BCUT2D eigenvalue weighted by Gasteiger charge is -2.37. The lowest BCUT2D eigenvalue weighted by Crippen LogP contribution is -2.43. The minimum atomic E-state index is -2.14. The van der Waals surface area contributed by atoms with Gasteiger partial charge in [-0.05, 0) is 166 Å².